The molecule has 1 saturated carbocycles. The first-order valence-corrected chi connectivity index (χ1v) is 10.4. The third-order valence-electron chi connectivity index (χ3n) is 4.06. The smallest absolute Gasteiger partial charge is 0.279 e. The van der Waals surface area contributed by atoms with Crippen LogP contribution < -0.4 is 20.5 Å². The minimum atomic E-state index is -0.663. The number of hydrogen-bond acceptors (Lipinski definition) is 6. The number of carbonyl (C=O) groups is 2. The molecule has 2 amide bonds. The van der Waals surface area contributed by atoms with E-state index in [9.17, 15) is 9.59 Å². The standard InChI is InChI=1S/C20H22ClN3O4S/c1-12(24-19(26)9-18(22)25)2-6-15-10-23-20(29-15)28-17-7-5-14(8-16(17)21)27-11-13-3-4-13/h2,5-8,10,12-13H,3-4,9,11H2,1H3,(H2,22,25)(H,24,26)/t12-/m0/s1. The van der Waals surface area contributed by atoms with Gasteiger partial charge in [-0.05, 0) is 43.9 Å². The highest BCUT2D eigenvalue weighted by Gasteiger charge is 2.22. The van der Waals surface area contributed by atoms with Gasteiger partial charge >= 0.3 is 0 Å². The van der Waals surface area contributed by atoms with Crippen molar-refractivity contribution in [1.29, 1.82) is 0 Å². The van der Waals surface area contributed by atoms with E-state index in [4.69, 9.17) is 26.8 Å². The number of hydrogen-bond donors (Lipinski definition) is 2. The lowest BCUT2D eigenvalue weighted by Crippen LogP contribution is -2.33. The summed E-state index contributed by atoms with van der Waals surface area (Å²) in [7, 11) is 0. The van der Waals surface area contributed by atoms with Crippen molar-refractivity contribution in [2.45, 2.75) is 32.2 Å². The van der Waals surface area contributed by atoms with Crippen molar-refractivity contribution in [1.82, 2.24) is 10.3 Å². The molecule has 9 heteroatoms. The van der Waals surface area contributed by atoms with Gasteiger partial charge in [0.2, 0.25) is 11.8 Å². The summed E-state index contributed by atoms with van der Waals surface area (Å²) in [5.74, 6) is 0.823. The topological polar surface area (TPSA) is 104 Å². The average molecular weight is 436 g/mol. The van der Waals surface area contributed by atoms with Crippen LogP contribution in [0.5, 0.6) is 16.7 Å². The lowest BCUT2D eigenvalue weighted by atomic mass is 10.2. The van der Waals surface area contributed by atoms with E-state index in [-0.39, 0.29) is 12.5 Å². The molecule has 7 nitrogen and oxygen atoms in total. The molecule has 0 aliphatic heterocycles. The number of thiazole rings is 1. The first-order valence-electron chi connectivity index (χ1n) is 9.21. The fourth-order valence-corrected chi connectivity index (χ4v) is 3.29. The third-order valence-corrected chi connectivity index (χ3v) is 5.19. The monoisotopic (exact) mass is 435 g/mol. The van der Waals surface area contributed by atoms with E-state index in [1.807, 2.05) is 12.1 Å². The Morgan fingerprint density at radius 1 is 1.45 bits per heavy atom. The number of halogens is 1. The number of carbonyl (C=O) groups excluding carboxylic acids is 2. The Balaban J connectivity index is 1.52. The number of primary amides is 1. The van der Waals surface area contributed by atoms with Gasteiger partial charge in [0.15, 0.2) is 0 Å². The van der Waals surface area contributed by atoms with E-state index in [0.29, 0.717) is 21.9 Å². The van der Waals surface area contributed by atoms with Gasteiger partial charge < -0.3 is 20.5 Å². The molecule has 3 N–H and O–H groups in total. The van der Waals surface area contributed by atoms with Crippen molar-refractivity contribution < 1.29 is 19.1 Å². The van der Waals surface area contributed by atoms with Crippen LogP contribution in [0.1, 0.15) is 31.1 Å². The quantitative estimate of drug-likeness (QED) is 0.553. The highest BCUT2D eigenvalue weighted by Crippen LogP contribution is 2.35. The molecule has 1 aromatic heterocycles. The second kappa shape index (κ2) is 9.76. The molecule has 3 rings (SSSR count). The molecule has 154 valence electrons. The van der Waals surface area contributed by atoms with Crippen LogP contribution in [0.3, 0.4) is 0 Å². The molecule has 0 radical (unpaired) electrons. The van der Waals surface area contributed by atoms with E-state index < -0.39 is 11.8 Å². The molecule has 29 heavy (non-hydrogen) atoms. The number of aromatic nitrogens is 1. The number of nitrogens with one attached hydrogen (secondary N) is 1. The minimum absolute atomic E-state index is 0.258. The van der Waals surface area contributed by atoms with Gasteiger partial charge in [0.25, 0.3) is 5.19 Å². The van der Waals surface area contributed by atoms with Crippen molar-refractivity contribution in [2.75, 3.05) is 6.61 Å². The number of benzene rings is 1. The average Bonchev–Trinajstić information content (AvgIpc) is 3.37. The molecule has 1 fully saturated rings. The van der Waals surface area contributed by atoms with Crippen LogP contribution in [0.2, 0.25) is 5.02 Å². The summed E-state index contributed by atoms with van der Waals surface area (Å²) in [6.07, 6.45) is 7.39. The Morgan fingerprint density at radius 2 is 2.24 bits per heavy atom. The summed E-state index contributed by atoms with van der Waals surface area (Å²) in [5.41, 5.74) is 4.99. The van der Waals surface area contributed by atoms with Gasteiger partial charge in [0, 0.05) is 18.3 Å². The summed E-state index contributed by atoms with van der Waals surface area (Å²) in [6.45, 7) is 2.51. The first-order chi connectivity index (χ1) is 13.9. The van der Waals surface area contributed by atoms with Crippen LogP contribution in [0.25, 0.3) is 6.08 Å². The molecule has 1 atom stereocenters. The van der Waals surface area contributed by atoms with E-state index in [1.165, 1.54) is 24.2 Å². The van der Waals surface area contributed by atoms with Gasteiger partial charge in [-0.25, -0.2) is 4.98 Å². The summed E-state index contributed by atoms with van der Waals surface area (Å²) >= 11 is 7.63. The fourth-order valence-electron chi connectivity index (χ4n) is 2.39. The summed E-state index contributed by atoms with van der Waals surface area (Å²) in [4.78, 5) is 27.3. The minimum Gasteiger partial charge on any atom is -0.493 e. The van der Waals surface area contributed by atoms with Gasteiger partial charge in [-0.1, -0.05) is 29.0 Å². The van der Waals surface area contributed by atoms with Crippen molar-refractivity contribution in [3.8, 4) is 16.7 Å². The molecule has 1 aliphatic rings. The third kappa shape index (κ3) is 7.07. The normalized spacial score (nSPS) is 14.6. The Kier molecular flexibility index (Phi) is 7.11. The molecule has 0 bridgehead atoms. The maximum Gasteiger partial charge on any atom is 0.279 e. The van der Waals surface area contributed by atoms with Crippen molar-refractivity contribution in [3.05, 3.63) is 40.4 Å². The molecule has 0 spiro atoms. The lowest BCUT2D eigenvalue weighted by molar-refractivity contribution is -0.127. The largest absolute Gasteiger partial charge is 0.493 e. The molecule has 1 aliphatic carbocycles. The molecule has 0 unspecified atom stereocenters. The summed E-state index contributed by atoms with van der Waals surface area (Å²) in [5, 5.41) is 3.56. The summed E-state index contributed by atoms with van der Waals surface area (Å²) < 4.78 is 11.5. The Morgan fingerprint density at radius 3 is 2.93 bits per heavy atom. The lowest BCUT2D eigenvalue weighted by Gasteiger charge is -2.08. The second-order valence-electron chi connectivity index (χ2n) is 6.84. The second-order valence-corrected chi connectivity index (χ2v) is 8.27. The molecular weight excluding hydrogens is 414 g/mol. The number of ether oxygens (including phenoxy) is 2. The highest BCUT2D eigenvalue weighted by molar-refractivity contribution is 7.14. The van der Waals surface area contributed by atoms with Crippen LogP contribution in [0.15, 0.2) is 30.5 Å². The van der Waals surface area contributed by atoms with Gasteiger partial charge in [-0.3, -0.25) is 9.59 Å². The van der Waals surface area contributed by atoms with Gasteiger partial charge in [-0.2, -0.15) is 0 Å². The van der Waals surface area contributed by atoms with Gasteiger partial charge in [-0.15, -0.1) is 0 Å². The zero-order valence-corrected chi connectivity index (χ0v) is 17.5. The summed E-state index contributed by atoms with van der Waals surface area (Å²) in [6, 6.07) is 5.07. The predicted molar refractivity (Wildman–Crippen MR) is 112 cm³/mol. The Bertz CT molecular complexity index is 911. The van der Waals surface area contributed by atoms with Crippen molar-refractivity contribution >= 4 is 40.8 Å². The van der Waals surface area contributed by atoms with Crippen molar-refractivity contribution in [2.24, 2.45) is 11.7 Å². The first kappa shape index (κ1) is 21.1. The van der Waals surface area contributed by atoms with Crippen molar-refractivity contribution in [3.63, 3.8) is 0 Å². The number of rotatable bonds is 10. The number of nitrogens with zero attached hydrogens (tertiary/aromatic N) is 1. The predicted octanol–water partition coefficient (Wildman–Crippen LogP) is 3.77. The zero-order valence-electron chi connectivity index (χ0n) is 15.9. The number of nitrogens with two attached hydrogens (primary N) is 1. The highest BCUT2D eigenvalue weighted by atomic mass is 35.5. The molecule has 1 aromatic carbocycles. The van der Waals surface area contributed by atoms with Crippen LogP contribution in [0.4, 0.5) is 0 Å². The molecule has 1 heterocycles. The number of amides is 2. The Hall–Kier alpha value is -2.58. The van der Waals surface area contributed by atoms with Crippen LogP contribution in [-0.4, -0.2) is 29.4 Å². The Labute approximate surface area is 177 Å². The van der Waals surface area contributed by atoms with E-state index in [2.05, 4.69) is 10.3 Å². The maximum absolute atomic E-state index is 11.5. The molecule has 2 aromatic rings. The molecular formula is C20H22ClN3O4S. The van der Waals surface area contributed by atoms with Gasteiger partial charge in [0.05, 0.1) is 16.5 Å². The van der Waals surface area contributed by atoms with E-state index in [0.717, 1.165) is 17.2 Å². The van der Waals surface area contributed by atoms with Crippen LogP contribution in [0, 0.1) is 5.92 Å². The van der Waals surface area contributed by atoms with Crippen LogP contribution >= 0.6 is 22.9 Å². The van der Waals surface area contributed by atoms with E-state index >= 15 is 0 Å². The van der Waals surface area contributed by atoms with E-state index in [1.54, 1.807) is 31.3 Å². The molecule has 0 saturated heterocycles. The SMILES string of the molecule is C[C@@H](C=Cc1cnc(Oc2ccc(OCC3CC3)cc2Cl)s1)NC(=O)CC(N)=O. The zero-order chi connectivity index (χ0) is 20.8. The maximum atomic E-state index is 11.5. The van der Waals surface area contributed by atoms with Crippen LogP contribution in [-0.2, 0) is 9.59 Å². The van der Waals surface area contributed by atoms with Gasteiger partial charge in [0.1, 0.15) is 17.9 Å². The fraction of sp³-hybridized carbons (Fsp3) is 0.350.